The van der Waals surface area contributed by atoms with E-state index in [4.69, 9.17) is 23.2 Å². The zero-order valence-corrected chi connectivity index (χ0v) is 21.0. The predicted octanol–water partition coefficient (Wildman–Crippen LogP) is 5.56. The highest BCUT2D eigenvalue weighted by Gasteiger charge is 2.22. The molecule has 0 aliphatic rings. The van der Waals surface area contributed by atoms with Gasteiger partial charge in [-0.05, 0) is 47.5 Å². The van der Waals surface area contributed by atoms with Gasteiger partial charge in [0.1, 0.15) is 0 Å². The number of aromatic nitrogens is 2. The standard InChI is InChI=1S/C29H21Cl2N3O3/c30-21-8-4-5-18(13-21)17-34-12-11-20(14-26(34)35)29(37)33-27(19-6-2-1-3-7-19)24-16-32-25-15-22(31)9-10-23(25)28(24)36/h1-16,27H,17H2,(H,32,36)(H,33,37). The molecule has 2 heterocycles. The Hall–Kier alpha value is -4.13. The molecule has 2 N–H and O–H groups in total. The smallest absolute Gasteiger partial charge is 0.252 e. The van der Waals surface area contributed by atoms with Gasteiger partial charge in [-0.15, -0.1) is 0 Å². The van der Waals surface area contributed by atoms with Crippen molar-refractivity contribution < 1.29 is 4.79 Å². The van der Waals surface area contributed by atoms with Gasteiger partial charge in [-0.1, -0.05) is 65.7 Å². The van der Waals surface area contributed by atoms with Gasteiger partial charge in [0.2, 0.25) is 0 Å². The van der Waals surface area contributed by atoms with Crippen LogP contribution in [0.4, 0.5) is 0 Å². The number of nitrogens with one attached hydrogen (secondary N) is 2. The molecule has 1 atom stereocenters. The van der Waals surface area contributed by atoms with E-state index in [9.17, 15) is 14.4 Å². The van der Waals surface area contributed by atoms with E-state index < -0.39 is 11.9 Å². The van der Waals surface area contributed by atoms with E-state index in [2.05, 4.69) is 10.3 Å². The number of hydrogen-bond donors (Lipinski definition) is 2. The van der Waals surface area contributed by atoms with Crippen molar-refractivity contribution in [3.05, 3.63) is 150 Å². The average molecular weight is 530 g/mol. The maximum Gasteiger partial charge on any atom is 0.252 e. The second-order valence-electron chi connectivity index (χ2n) is 8.59. The lowest BCUT2D eigenvalue weighted by atomic mass is 9.98. The number of hydrogen-bond acceptors (Lipinski definition) is 3. The van der Waals surface area contributed by atoms with Crippen LogP contribution in [0.5, 0.6) is 0 Å². The minimum absolute atomic E-state index is 0.192. The topological polar surface area (TPSA) is 84.0 Å². The summed E-state index contributed by atoms with van der Waals surface area (Å²) in [7, 11) is 0. The van der Waals surface area contributed by atoms with Crippen molar-refractivity contribution in [2.45, 2.75) is 12.6 Å². The van der Waals surface area contributed by atoms with Gasteiger partial charge in [-0.2, -0.15) is 0 Å². The lowest BCUT2D eigenvalue weighted by molar-refractivity contribution is 0.0942. The van der Waals surface area contributed by atoms with Gasteiger partial charge in [0.05, 0.1) is 18.1 Å². The summed E-state index contributed by atoms with van der Waals surface area (Å²) in [4.78, 5) is 42.6. The number of rotatable bonds is 6. The molecule has 2 aromatic heterocycles. The molecule has 1 unspecified atom stereocenters. The van der Waals surface area contributed by atoms with Gasteiger partial charge in [0, 0.05) is 45.0 Å². The van der Waals surface area contributed by atoms with Crippen LogP contribution in [0.15, 0.2) is 107 Å². The van der Waals surface area contributed by atoms with Crippen LogP contribution in [0.25, 0.3) is 10.9 Å². The molecule has 5 aromatic rings. The maximum absolute atomic E-state index is 13.4. The Morgan fingerprint density at radius 2 is 1.68 bits per heavy atom. The Balaban J connectivity index is 1.47. The molecule has 37 heavy (non-hydrogen) atoms. The summed E-state index contributed by atoms with van der Waals surface area (Å²) in [5, 5.41) is 4.49. The number of pyridine rings is 2. The highest BCUT2D eigenvalue weighted by Crippen LogP contribution is 2.23. The lowest BCUT2D eigenvalue weighted by Gasteiger charge is -2.20. The summed E-state index contributed by atoms with van der Waals surface area (Å²) in [5.41, 5.74) is 2.20. The number of H-pyrrole nitrogens is 1. The van der Waals surface area contributed by atoms with Crippen molar-refractivity contribution in [3.8, 4) is 0 Å². The number of aromatic amines is 1. The van der Waals surface area contributed by atoms with Crippen LogP contribution >= 0.6 is 23.2 Å². The van der Waals surface area contributed by atoms with Crippen LogP contribution in [-0.2, 0) is 6.54 Å². The van der Waals surface area contributed by atoms with Gasteiger partial charge in [-0.3, -0.25) is 14.4 Å². The molecule has 0 saturated carbocycles. The second-order valence-corrected chi connectivity index (χ2v) is 9.46. The first kappa shape index (κ1) is 24.6. The zero-order chi connectivity index (χ0) is 25.9. The molecule has 0 aliphatic heterocycles. The van der Waals surface area contributed by atoms with E-state index in [0.717, 1.165) is 11.1 Å². The van der Waals surface area contributed by atoms with E-state index in [1.165, 1.54) is 10.6 Å². The fourth-order valence-electron chi connectivity index (χ4n) is 4.24. The van der Waals surface area contributed by atoms with Crippen molar-refractivity contribution in [3.63, 3.8) is 0 Å². The van der Waals surface area contributed by atoms with Crippen molar-refractivity contribution in [1.82, 2.24) is 14.9 Å². The Morgan fingerprint density at radius 3 is 2.43 bits per heavy atom. The monoisotopic (exact) mass is 529 g/mol. The average Bonchev–Trinajstić information content (AvgIpc) is 2.89. The van der Waals surface area contributed by atoms with Gasteiger partial charge in [0.25, 0.3) is 11.5 Å². The molecule has 3 aromatic carbocycles. The van der Waals surface area contributed by atoms with E-state index in [-0.39, 0.29) is 16.6 Å². The summed E-state index contributed by atoms with van der Waals surface area (Å²) >= 11 is 12.1. The molecule has 5 rings (SSSR count). The molecule has 0 bridgehead atoms. The third-order valence-corrected chi connectivity index (χ3v) is 6.56. The largest absolute Gasteiger partial charge is 0.361 e. The number of fused-ring (bicyclic) bond motifs is 1. The zero-order valence-electron chi connectivity index (χ0n) is 19.4. The molecule has 0 spiro atoms. The number of benzene rings is 3. The number of carbonyl (C=O) groups is 1. The number of nitrogens with zero attached hydrogens (tertiary/aromatic N) is 1. The van der Waals surface area contributed by atoms with Crippen molar-refractivity contribution >= 4 is 40.0 Å². The Kier molecular flexibility index (Phi) is 6.95. The first-order chi connectivity index (χ1) is 17.9. The van der Waals surface area contributed by atoms with Crippen LogP contribution in [0.2, 0.25) is 10.0 Å². The first-order valence-electron chi connectivity index (χ1n) is 11.5. The maximum atomic E-state index is 13.4. The number of amides is 1. The van der Waals surface area contributed by atoms with Crippen LogP contribution in [0.1, 0.15) is 33.1 Å². The van der Waals surface area contributed by atoms with Crippen LogP contribution in [0, 0.1) is 0 Å². The van der Waals surface area contributed by atoms with Crippen molar-refractivity contribution in [2.75, 3.05) is 0 Å². The van der Waals surface area contributed by atoms with Crippen molar-refractivity contribution in [2.24, 2.45) is 0 Å². The van der Waals surface area contributed by atoms with E-state index in [1.54, 1.807) is 48.8 Å². The second kappa shape index (κ2) is 10.5. The van der Waals surface area contributed by atoms with E-state index in [1.807, 2.05) is 42.5 Å². The van der Waals surface area contributed by atoms with E-state index in [0.29, 0.717) is 33.1 Å². The molecule has 0 saturated heterocycles. The van der Waals surface area contributed by atoms with Gasteiger partial charge in [0.15, 0.2) is 5.43 Å². The normalized spacial score (nSPS) is 11.8. The molecule has 184 valence electrons. The van der Waals surface area contributed by atoms with E-state index >= 15 is 0 Å². The fourth-order valence-corrected chi connectivity index (χ4v) is 4.62. The summed E-state index contributed by atoms with van der Waals surface area (Å²) < 4.78 is 1.50. The SMILES string of the molecule is O=C(NC(c1ccccc1)c1c[nH]c2cc(Cl)ccc2c1=O)c1ccn(Cc2cccc(Cl)c2)c(=O)c1. The minimum atomic E-state index is -0.744. The van der Waals surface area contributed by atoms with Gasteiger partial charge in [-0.25, -0.2) is 0 Å². The third-order valence-electron chi connectivity index (χ3n) is 6.09. The molecule has 6 nitrogen and oxygen atoms in total. The summed E-state index contributed by atoms with van der Waals surface area (Å²) in [6.45, 7) is 0.324. The highest BCUT2D eigenvalue weighted by atomic mass is 35.5. The van der Waals surface area contributed by atoms with Crippen LogP contribution in [-0.4, -0.2) is 15.5 Å². The summed E-state index contributed by atoms with van der Waals surface area (Å²) in [5.74, 6) is -0.475. The Morgan fingerprint density at radius 1 is 0.892 bits per heavy atom. The Bertz CT molecular complexity index is 1730. The Labute approximate surface area is 222 Å². The van der Waals surface area contributed by atoms with Crippen LogP contribution < -0.4 is 16.3 Å². The summed E-state index contributed by atoms with van der Waals surface area (Å²) in [6, 6.07) is 23.5. The summed E-state index contributed by atoms with van der Waals surface area (Å²) in [6.07, 6.45) is 3.16. The number of carbonyl (C=O) groups excluding carboxylic acids is 1. The van der Waals surface area contributed by atoms with Gasteiger partial charge < -0.3 is 14.9 Å². The minimum Gasteiger partial charge on any atom is -0.361 e. The predicted molar refractivity (Wildman–Crippen MR) is 147 cm³/mol. The molecular formula is C29H21Cl2N3O3. The molecule has 1 amide bonds. The van der Waals surface area contributed by atoms with Crippen LogP contribution in [0.3, 0.4) is 0 Å². The lowest BCUT2D eigenvalue weighted by Crippen LogP contribution is -2.33. The molecule has 8 heteroatoms. The van der Waals surface area contributed by atoms with Crippen molar-refractivity contribution in [1.29, 1.82) is 0 Å². The quantitative estimate of drug-likeness (QED) is 0.301. The van der Waals surface area contributed by atoms with Gasteiger partial charge >= 0.3 is 0 Å². The third kappa shape index (κ3) is 5.35. The first-order valence-corrected chi connectivity index (χ1v) is 12.3. The molecular weight excluding hydrogens is 509 g/mol. The molecule has 0 aliphatic carbocycles. The highest BCUT2D eigenvalue weighted by molar-refractivity contribution is 6.31. The molecule has 0 radical (unpaired) electrons. The fraction of sp³-hybridized carbons (Fsp3) is 0.0690. The number of halogens is 2. The molecule has 0 fully saturated rings.